The predicted octanol–water partition coefficient (Wildman–Crippen LogP) is -0.391. The molecule has 12 heteroatoms. The van der Waals surface area contributed by atoms with E-state index in [2.05, 4.69) is 20.7 Å². The first kappa shape index (κ1) is 22.2. The molecule has 3 amide bonds. The highest BCUT2D eigenvalue weighted by Crippen LogP contribution is 2.34. The topological polar surface area (TPSA) is 142 Å². The number of likely N-dealkylation sites (tertiary alicyclic amines) is 1. The second kappa shape index (κ2) is 9.51. The Morgan fingerprint density at radius 2 is 2.10 bits per heavy atom. The first-order valence-corrected chi connectivity index (χ1v) is 10.3. The van der Waals surface area contributed by atoms with E-state index < -0.39 is 17.9 Å². The fourth-order valence-electron chi connectivity index (χ4n) is 3.42. The second-order valence-corrected chi connectivity index (χ2v) is 7.89. The summed E-state index contributed by atoms with van der Waals surface area (Å²) in [7, 11) is 2.89. The summed E-state index contributed by atoms with van der Waals surface area (Å²) in [6.07, 6.45) is -0.448. The van der Waals surface area contributed by atoms with Crippen molar-refractivity contribution in [3.8, 4) is 0 Å². The number of hydrogen-bond donors (Lipinski definition) is 4. The van der Waals surface area contributed by atoms with Crippen molar-refractivity contribution >= 4 is 35.1 Å². The van der Waals surface area contributed by atoms with Gasteiger partial charge in [0.15, 0.2) is 5.79 Å². The van der Waals surface area contributed by atoms with Gasteiger partial charge in [0.1, 0.15) is 11.9 Å². The fraction of sp³-hybridized carbons (Fsp3) is 0.556. The van der Waals surface area contributed by atoms with Crippen LogP contribution in [0.4, 0.5) is 4.79 Å². The standard InChI is InChI=1S/C18H25N5O6S/c1-20-8-14(24)23-10-18(28-3-4-29-18)6-13(23)16(25)21-7-12-5-11(9-30-12)15(19)22-17(26)27-2/h5,9,13,20H,3-4,6-8,10H2,1-2H3,(H,21,25)(H2,19,22,26). The monoisotopic (exact) mass is 439 g/mol. The van der Waals surface area contributed by atoms with Crippen LogP contribution < -0.4 is 16.0 Å². The van der Waals surface area contributed by atoms with E-state index in [0.29, 0.717) is 18.8 Å². The van der Waals surface area contributed by atoms with Crippen LogP contribution in [-0.4, -0.2) is 80.9 Å². The Balaban J connectivity index is 1.61. The molecule has 0 aliphatic carbocycles. The molecule has 1 aromatic heterocycles. The van der Waals surface area contributed by atoms with E-state index in [1.165, 1.54) is 23.3 Å². The van der Waals surface area contributed by atoms with Crippen LogP contribution in [-0.2, 0) is 30.3 Å². The van der Waals surface area contributed by atoms with Gasteiger partial charge in [-0.3, -0.25) is 20.3 Å². The van der Waals surface area contributed by atoms with Crippen molar-refractivity contribution in [2.75, 3.05) is 40.5 Å². The van der Waals surface area contributed by atoms with Crippen molar-refractivity contribution in [3.05, 3.63) is 21.9 Å². The van der Waals surface area contributed by atoms with Crippen LogP contribution in [0.3, 0.4) is 0 Å². The smallest absolute Gasteiger partial charge is 0.412 e. The number of alkyl carbamates (subject to hydrolysis) is 1. The first-order chi connectivity index (χ1) is 14.4. The van der Waals surface area contributed by atoms with E-state index in [1.807, 2.05) is 0 Å². The third-order valence-corrected chi connectivity index (χ3v) is 5.78. The van der Waals surface area contributed by atoms with Crippen molar-refractivity contribution in [1.82, 2.24) is 20.9 Å². The van der Waals surface area contributed by atoms with Gasteiger partial charge in [-0.15, -0.1) is 11.3 Å². The summed E-state index contributed by atoms with van der Waals surface area (Å²) in [6, 6.07) is 1.01. The minimum atomic E-state index is -0.920. The predicted molar refractivity (Wildman–Crippen MR) is 107 cm³/mol. The molecule has 1 aromatic rings. The van der Waals surface area contributed by atoms with Gasteiger partial charge in [-0.05, 0) is 13.1 Å². The Hall–Kier alpha value is -2.54. The van der Waals surface area contributed by atoms with Crippen LogP contribution >= 0.6 is 11.3 Å². The van der Waals surface area contributed by atoms with Gasteiger partial charge in [-0.25, -0.2) is 4.79 Å². The van der Waals surface area contributed by atoms with E-state index in [-0.39, 0.29) is 43.7 Å². The lowest BCUT2D eigenvalue weighted by Crippen LogP contribution is -2.48. The number of methoxy groups -OCH3 is 1. The van der Waals surface area contributed by atoms with E-state index in [0.717, 1.165) is 4.88 Å². The van der Waals surface area contributed by atoms with Crippen molar-refractivity contribution in [3.63, 3.8) is 0 Å². The van der Waals surface area contributed by atoms with Crippen LogP contribution in [0.1, 0.15) is 16.9 Å². The molecule has 2 aliphatic rings. The molecule has 3 heterocycles. The quantitative estimate of drug-likeness (QED) is 0.349. The summed E-state index contributed by atoms with van der Waals surface area (Å²) in [4.78, 5) is 38.8. The van der Waals surface area contributed by atoms with Crippen LogP contribution in [0, 0.1) is 5.41 Å². The molecule has 30 heavy (non-hydrogen) atoms. The normalized spacial score (nSPS) is 19.7. The number of nitrogens with one attached hydrogen (secondary N) is 4. The van der Waals surface area contributed by atoms with Gasteiger partial charge in [-0.1, -0.05) is 0 Å². The largest absolute Gasteiger partial charge is 0.453 e. The number of nitrogens with zero attached hydrogens (tertiary/aromatic N) is 1. The van der Waals surface area contributed by atoms with Crippen molar-refractivity contribution in [2.24, 2.45) is 0 Å². The lowest BCUT2D eigenvalue weighted by atomic mass is 10.1. The Kier molecular flexibility index (Phi) is 7.02. The third-order valence-electron chi connectivity index (χ3n) is 4.85. The van der Waals surface area contributed by atoms with Crippen LogP contribution in [0.2, 0.25) is 0 Å². The van der Waals surface area contributed by atoms with Gasteiger partial charge >= 0.3 is 6.09 Å². The Labute approximate surface area is 177 Å². The lowest BCUT2D eigenvalue weighted by molar-refractivity contribution is -0.152. The molecule has 4 N–H and O–H groups in total. The molecule has 1 atom stereocenters. The number of likely N-dealkylation sites (N-methyl/N-ethyl adjacent to an activating group) is 1. The van der Waals surface area contributed by atoms with E-state index in [9.17, 15) is 14.4 Å². The van der Waals surface area contributed by atoms with Gasteiger partial charge in [-0.2, -0.15) is 0 Å². The number of carbonyl (C=O) groups excluding carboxylic acids is 3. The average Bonchev–Trinajstić information content (AvgIpc) is 3.47. The maximum Gasteiger partial charge on any atom is 0.412 e. The minimum Gasteiger partial charge on any atom is -0.453 e. The molecule has 3 rings (SSSR count). The summed E-state index contributed by atoms with van der Waals surface area (Å²) in [6.45, 7) is 1.43. The summed E-state index contributed by atoms with van der Waals surface area (Å²) < 4.78 is 15.9. The highest BCUT2D eigenvalue weighted by molar-refractivity contribution is 7.10. The summed E-state index contributed by atoms with van der Waals surface area (Å²) >= 11 is 1.34. The number of ether oxygens (including phenoxy) is 3. The highest BCUT2D eigenvalue weighted by atomic mass is 32.1. The zero-order valence-corrected chi connectivity index (χ0v) is 17.6. The molecule has 1 spiro atoms. The third kappa shape index (κ3) is 4.95. The van der Waals surface area contributed by atoms with E-state index in [4.69, 9.17) is 14.9 Å². The Morgan fingerprint density at radius 1 is 1.37 bits per heavy atom. The number of rotatable bonds is 6. The minimum absolute atomic E-state index is 0.0900. The second-order valence-electron chi connectivity index (χ2n) is 6.89. The van der Waals surface area contributed by atoms with E-state index >= 15 is 0 Å². The number of carbonyl (C=O) groups is 3. The zero-order valence-electron chi connectivity index (χ0n) is 16.8. The number of thiophene rings is 1. The van der Waals surface area contributed by atoms with Gasteiger partial charge in [0.25, 0.3) is 0 Å². The lowest BCUT2D eigenvalue weighted by Gasteiger charge is -2.24. The molecule has 1 unspecified atom stereocenters. The average molecular weight is 439 g/mol. The van der Waals surface area contributed by atoms with Gasteiger partial charge < -0.3 is 29.7 Å². The van der Waals surface area contributed by atoms with Crippen molar-refractivity contribution < 1.29 is 28.6 Å². The van der Waals surface area contributed by atoms with Gasteiger partial charge in [0, 0.05) is 22.2 Å². The fourth-order valence-corrected chi connectivity index (χ4v) is 4.23. The van der Waals surface area contributed by atoms with Crippen LogP contribution in [0.5, 0.6) is 0 Å². The SMILES string of the molecule is CNCC(=O)N1CC2(CC1C(=O)NCc1cc(C(=N)NC(=O)OC)cs1)OCCO2. The summed E-state index contributed by atoms with van der Waals surface area (Å²) in [5.74, 6) is -1.51. The number of amidine groups is 1. The molecular weight excluding hydrogens is 414 g/mol. The maximum atomic E-state index is 12.9. The van der Waals surface area contributed by atoms with E-state index in [1.54, 1.807) is 18.5 Å². The van der Waals surface area contributed by atoms with Crippen molar-refractivity contribution in [2.45, 2.75) is 24.8 Å². The highest BCUT2D eigenvalue weighted by Gasteiger charge is 2.52. The molecule has 164 valence electrons. The van der Waals surface area contributed by atoms with Gasteiger partial charge in [0.05, 0.1) is 40.0 Å². The maximum absolute atomic E-state index is 12.9. The molecule has 0 saturated carbocycles. The molecule has 0 aromatic carbocycles. The molecular formula is C18H25N5O6S. The number of hydrogen-bond acceptors (Lipinski definition) is 9. The van der Waals surface area contributed by atoms with Crippen LogP contribution in [0.25, 0.3) is 0 Å². The Morgan fingerprint density at radius 3 is 2.77 bits per heavy atom. The Bertz CT molecular complexity index is 822. The molecule has 0 radical (unpaired) electrons. The first-order valence-electron chi connectivity index (χ1n) is 9.38. The van der Waals surface area contributed by atoms with Crippen LogP contribution in [0.15, 0.2) is 11.4 Å². The summed E-state index contributed by atoms with van der Waals surface area (Å²) in [5, 5.41) is 17.5. The zero-order chi connectivity index (χ0) is 21.7. The number of amides is 3. The summed E-state index contributed by atoms with van der Waals surface area (Å²) in [5.41, 5.74) is 0.507. The molecule has 2 fully saturated rings. The van der Waals surface area contributed by atoms with Gasteiger partial charge in [0.2, 0.25) is 11.8 Å². The molecule has 0 bridgehead atoms. The van der Waals surface area contributed by atoms with Crippen molar-refractivity contribution in [1.29, 1.82) is 5.41 Å². The molecule has 11 nitrogen and oxygen atoms in total. The molecule has 2 saturated heterocycles. The molecule has 2 aliphatic heterocycles.